The Morgan fingerprint density at radius 3 is 2.77 bits per heavy atom. The van der Waals surface area contributed by atoms with Crippen LogP contribution in [0.1, 0.15) is 50.2 Å². The van der Waals surface area contributed by atoms with Gasteiger partial charge >= 0.3 is 0 Å². The molecule has 1 aromatic heterocycles. The summed E-state index contributed by atoms with van der Waals surface area (Å²) in [6, 6.07) is 8.41. The van der Waals surface area contributed by atoms with E-state index in [9.17, 15) is 9.59 Å². The maximum absolute atomic E-state index is 12.1. The molecule has 4 heteroatoms. The highest BCUT2D eigenvalue weighted by Crippen LogP contribution is 2.21. The summed E-state index contributed by atoms with van der Waals surface area (Å²) >= 11 is 0. The molecule has 1 amide bonds. The molecule has 2 N–H and O–H groups in total. The van der Waals surface area contributed by atoms with Crippen LogP contribution in [0.2, 0.25) is 0 Å². The number of aromatic amines is 1. The Bertz CT molecular complexity index is 757. The third-order valence-electron chi connectivity index (χ3n) is 4.18. The summed E-state index contributed by atoms with van der Waals surface area (Å²) < 4.78 is 0. The van der Waals surface area contributed by atoms with Crippen LogP contribution in [-0.4, -0.2) is 16.9 Å². The molecule has 1 heterocycles. The second kappa shape index (κ2) is 5.95. The van der Waals surface area contributed by atoms with Crippen LogP contribution in [0.3, 0.4) is 0 Å². The molecule has 0 unspecified atom stereocenters. The molecule has 0 radical (unpaired) electrons. The number of carbonyl (C=O) groups is 1. The molecular formula is C18H22N2O2. The summed E-state index contributed by atoms with van der Waals surface area (Å²) in [5.41, 5.74) is 2.68. The fourth-order valence-corrected chi connectivity index (χ4v) is 2.59. The number of aryl methyl sites for hydroxylation is 1. The maximum atomic E-state index is 12.1. The largest absolute Gasteiger partial charge is 0.353 e. The lowest BCUT2D eigenvalue weighted by Crippen LogP contribution is -2.26. The quantitative estimate of drug-likeness (QED) is 0.891. The number of carbonyl (C=O) groups excluding carboxylic acids is 1. The van der Waals surface area contributed by atoms with Crippen molar-refractivity contribution in [1.82, 2.24) is 10.3 Å². The third-order valence-corrected chi connectivity index (χ3v) is 4.18. The lowest BCUT2D eigenvalue weighted by Gasteiger charge is -2.08. The number of hydrogen-bond acceptors (Lipinski definition) is 2. The second-order valence-electron chi connectivity index (χ2n) is 6.47. The summed E-state index contributed by atoms with van der Waals surface area (Å²) in [6.07, 6.45) is 3.02. The zero-order valence-electron chi connectivity index (χ0n) is 13.1. The van der Waals surface area contributed by atoms with Gasteiger partial charge in [0, 0.05) is 23.5 Å². The Labute approximate surface area is 129 Å². The van der Waals surface area contributed by atoms with E-state index in [1.54, 1.807) is 0 Å². The van der Waals surface area contributed by atoms with Crippen molar-refractivity contribution < 1.29 is 4.79 Å². The van der Waals surface area contributed by atoms with E-state index in [0.29, 0.717) is 30.4 Å². The SMILES string of the molecule is CC(C)c1ccc2[nH]c(=O)c(CCC(=O)NC3CC3)cc2c1. The number of aromatic nitrogens is 1. The second-order valence-corrected chi connectivity index (χ2v) is 6.47. The minimum absolute atomic E-state index is 0.0397. The molecule has 0 saturated heterocycles. The van der Waals surface area contributed by atoms with Gasteiger partial charge in [-0.2, -0.15) is 0 Å². The van der Waals surface area contributed by atoms with Gasteiger partial charge in [-0.1, -0.05) is 19.9 Å². The summed E-state index contributed by atoms with van der Waals surface area (Å²) in [6.45, 7) is 4.30. The molecule has 1 aliphatic rings. The fraction of sp³-hybridized carbons (Fsp3) is 0.444. The number of fused-ring (bicyclic) bond motifs is 1. The molecule has 1 saturated carbocycles. The molecule has 22 heavy (non-hydrogen) atoms. The molecule has 1 fully saturated rings. The van der Waals surface area contributed by atoms with Gasteiger partial charge in [0.1, 0.15) is 0 Å². The molecule has 1 aromatic carbocycles. The standard InChI is InChI=1S/C18H22N2O2/c1-11(2)12-3-7-16-14(9-12)10-13(18(22)20-16)4-8-17(21)19-15-5-6-15/h3,7,9-11,15H,4-6,8H2,1-2H3,(H,19,21)(H,20,22). The highest BCUT2D eigenvalue weighted by Gasteiger charge is 2.23. The van der Waals surface area contributed by atoms with E-state index in [0.717, 1.165) is 23.7 Å². The van der Waals surface area contributed by atoms with E-state index in [1.165, 1.54) is 5.56 Å². The van der Waals surface area contributed by atoms with E-state index < -0.39 is 0 Å². The number of benzene rings is 1. The van der Waals surface area contributed by atoms with Gasteiger partial charge in [-0.15, -0.1) is 0 Å². The van der Waals surface area contributed by atoms with Crippen molar-refractivity contribution in [3.8, 4) is 0 Å². The number of amides is 1. The molecular weight excluding hydrogens is 276 g/mol. The number of hydrogen-bond donors (Lipinski definition) is 2. The molecule has 2 aromatic rings. The van der Waals surface area contributed by atoms with Crippen molar-refractivity contribution in [2.75, 3.05) is 0 Å². The smallest absolute Gasteiger partial charge is 0.251 e. The molecule has 0 atom stereocenters. The van der Waals surface area contributed by atoms with Gasteiger partial charge in [-0.3, -0.25) is 9.59 Å². The van der Waals surface area contributed by atoms with Crippen LogP contribution in [0, 0.1) is 0 Å². The van der Waals surface area contributed by atoms with Crippen LogP contribution in [0.25, 0.3) is 10.9 Å². The first kappa shape index (κ1) is 14.8. The molecule has 0 bridgehead atoms. The molecule has 0 aliphatic heterocycles. The van der Waals surface area contributed by atoms with Gasteiger partial charge in [-0.25, -0.2) is 0 Å². The Hall–Kier alpha value is -2.10. The van der Waals surface area contributed by atoms with Crippen LogP contribution in [0.4, 0.5) is 0 Å². The zero-order valence-corrected chi connectivity index (χ0v) is 13.1. The molecule has 1 aliphatic carbocycles. The predicted molar refractivity (Wildman–Crippen MR) is 88.1 cm³/mol. The van der Waals surface area contributed by atoms with E-state index in [2.05, 4.69) is 30.2 Å². The van der Waals surface area contributed by atoms with Gasteiger partial charge in [0.05, 0.1) is 0 Å². The highest BCUT2D eigenvalue weighted by atomic mass is 16.1. The Kier molecular flexibility index (Phi) is 4.01. The van der Waals surface area contributed by atoms with Crippen molar-refractivity contribution in [2.45, 2.75) is 51.5 Å². The van der Waals surface area contributed by atoms with Crippen molar-refractivity contribution in [1.29, 1.82) is 0 Å². The van der Waals surface area contributed by atoms with Gasteiger partial charge in [0.2, 0.25) is 5.91 Å². The summed E-state index contributed by atoms with van der Waals surface area (Å²) in [5, 5.41) is 3.98. The van der Waals surface area contributed by atoms with Crippen LogP contribution >= 0.6 is 0 Å². The maximum Gasteiger partial charge on any atom is 0.251 e. The van der Waals surface area contributed by atoms with Crippen LogP contribution in [0.15, 0.2) is 29.1 Å². The number of H-pyrrole nitrogens is 1. The average molecular weight is 298 g/mol. The third kappa shape index (κ3) is 3.38. The van der Waals surface area contributed by atoms with Crippen LogP contribution < -0.4 is 10.9 Å². The lowest BCUT2D eigenvalue weighted by atomic mass is 10.00. The number of pyridine rings is 1. The number of rotatable bonds is 5. The molecule has 3 rings (SSSR count). The normalized spacial score (nSPS) is 14.5. The average Bonchev–Trinajstić information content (AvgIpc) is 3.28. The summed E-state index contributed by atoms with van der Waals surface area (Å²) in [7, 11) is 0. The van der Waals surface area contributed by atoms with Crippen molar-refractivity contribution >= 4 is 16.8 Å². The summed E-state index contributed by atoms with van der Waals surface area (Å²) in [5.74, 6) is 0.488. The van der Waals surface area contributed by atoms with Crippen molar-refractivity contribution in [3.05, 3.63) is 45.7 Å². The van der Waals surface area contributed by atoms with Crippen LogP contribution in [-0.2, 0) is 11.2 Å². The highest BCUT2D eigenvalue weighted by molar-refractivity contribution is 5.80. The van der Waals surface area contributed by atoms with Crippen molar-refractivity contribution in [3.63, 3.8) is 0 Å². The lowest BCUT2D eigenvalue weighted by molar-refractivity contribution is -0.121. The Morgan fingerprint density at radius 1 is 1.32 bits per heavy atom. The van der Waals surface area contributed by atoms with E-state index in [-0.39, 0.29) is 11.5 Å². The monoisotopic (exact) mass is 298 g/mol. The Morgan fingerprint density at radius 2 is 2.09 bits per heavy atom. The van der Waals surface area contributed by atoms with Gasteiger partial charge in [-0.05, 0) is 54.3 Å². The molecule has 0 spiro atoms. The van der Waals surface area contributed by atoms with E-state index in [1.807, 2.05) is 18.2 Å². The van der Waals surface area contributed by atoms with Gasteiger partial charge in [0.15, 0.2) is 0 Å². The van der Waals surface area contributed by atoms with E-state index >= 15 is 0 Å². The summed E-state index contributed by atoms with van der Waals surface area (Å²) in [4.78, 5) is 26.8. The van der Waals surface area contributed by atoms with Gasteiger partial charge in [0.25, 0.3) is 5.56 Å². The molecule has 4 nitrogen and oxygen atoms in total. The topological polar surface area (TPSA) is 62.0 Å². The van der Waals surface area contributed by atoms with Gasteiger partial charge < -0.3 is 10.3 Å². The fourth-order valence-electron chi connectivity index (χ4n) is 2.59. The first-order valence-electron chi connectivity index (χ1n) is 7.98. The first-order chi connectivity index (χ1) is 10.5. The predicted octanol–water partition coefficient (Wildman–Crippen LogP) is 2.86. The molecule has 116 valence electrons. The minimum Gasteiger partial charge on any atom is -0.353 e. The van der Waals surface area contributed by atoms with Crippen molar-refractivity contribution in [2.24, 2.45) is 0 Å². The number of nitrogens with one attached hydrogen (secondary N) is 2. The minimum atomic E-state index is -0.0935. The van der Waals surface area contributed by atoms with Crippen LogP contribution in [0.5, 0.6) is 0 Å². The van der Waals surface area contributed by atoms with E-state index in [4.69, 9.17) is 0 Å². The Balaban J connectivity index is 1.80. The first-order valence-corrected chi connectivity index (χ1v) is 7.98. The zero-order chi connectivity index (χ0) is 15.7.